The van der Waals surface area contributed by atoms with Crippen molar-refractivity contribution in [1.82, 2.24) is 0 Å². The molecule has 0 atom stereocenters. The van der Waals surface area contributed by atoms with Crippen molar-refractivity contribution in [3.63, 3.8) is 0 Å². The Morgan fingerprint density at radius 2 is 1.25 bits per heavy atom. The lowest BCUT2D eigenvalue weighted by Crippen LogP contribution is -1.63. The summed E-state index contributed by atoms with van der Waals surface area (Å²) >= 11 is 21.2. The number of benzene rings is 1. The van der Waals surface area contributed by atoms with E-state index in [0.717, 1.165) is 0 Å². The van der Waals surface area contributed by atoms with Gasteiger partial charge in [0.1, 0.15) is 4.84 Å². The summed E-state index contributed by atoms with van der Waals surface area (Å²) in [5.41, 5.74) is 0. The minimum absolute atomic E-state index is 0.222. The molecule has 4 heteroatoms. The Bertz CT molecular complexity index is 198. The molecule has 0 unspecified atom stereocenters. The Morgan fingerprint density at radius 1 is 1.00 bits per heavy atom. The first-order valence-electron chi connectivity index (χ1n) is 3.22. The summed E-state index contributed by atoms with van der Waals surface area (Å²) in [5.74, 6) is 0. The number of halogens is 4. The average molecular weight is 246 g/mol. The topological polar surface area (TPSA) is 0 Å². The van der Waals surface area contributed by atoms with E-state index in [2.05, 4.69) is 0 Å². The molecule has 0 N–H and O–H groups in total. The van der Waals surface area contributed by atoms with Gasteiger partial charge >= 0.3 is 0 Å². The van der Waals surface area contributed by atoms with Crippen LogP contribution >= 0.6 is 46.4 Å². The maximum atomic E-state index is 5.58. The molecule has 1 aromatic rings. The second-order valence-corrected chi connectivity index (χ2v) is 4.28. The van der Waals surface area contributed by atoms with Gasteiger partial charge in [0.15, 0.2) is 0 Å². The molecular formula is C8H8Cl4. The minimum Gasteiger partial charge on any atom is -0.106 e. The lowest BCUT2D eigenvalue weighted by molar-refractivity contribution is 1.39. The van der Waals surface area contributed by atoms with Gasteiger partial charge in [-0.1, -0.05) is 35.3 Å². The number of rotatable bonds is 0. The highest BCUT2D eigenvalue weighted by molar-refractivity contribution is 6.43. The summed E-state index contributed by atoms with van der Waals surface area (Å²) in [7, 11) is 0. The molecule has 0 heterocycles. The van der Waals surface area contributed by atoms with E-state index >= 15 is 0 Å². The van der Waals surface area contributed by atoms with Gasteiger partial charge in [-0.15, -0.1) is 23.2 Å². The first-order chi connectivity index (χ1) is 5.54. The molecule has 0 aromatic heterocycles. The van der Waals surface area contributed by atoms with Crippen molar-refractivity contribution >= 4 is 46.4 Å². The van der Waals surface area contributed by atoms with Crippen molar-refractivity contribution < 1.29 is 0 Å². The Balaban J connectivity index is 0.000000261. The largest absolute Gasteiger partial charge is 0.106 e. The molecule has 0 fully saturated rings. The maximum absolute atomic E-state index is 5.58. The molecular weight excluding hydrogens is 238 g/mol. The van der Waals surface area contributed by atoms with Crippen LogP contribution in [0.4, 0.5) is 0 Å². The standard InChI is InChI=1S/C6H4Cl2.C2H4Cl2/c7-5-3-1-2-4-6(5)8;1-2(3)4/h1-4H;2H,1H3. The highest BCUT2D eigenvalue weighted by Gasteiger charge is 1.89. The SMILES string of the molecule is CC(Cl)Cl.Clc1ccccc1Cl. The summed E-state index contributed by atoms with van der Waals surface area (Å²) in [4.78, 5) is -0.222. The lowest BCUT2D eigenvalue weighted by atomic mass is 10.4. The first-order valence-corrected chi connectivity index (χ1v) is 4.85. The molecule has 0 saturated carbocycles. The molecule has 68 valence electrons. The Kier molecular flexibility index (Phi) is 7.07. The van der Waals surface area contributed by atoms with Crippen molar-refractivity contribution in [2.75, 3.05) is 0 Å². The van der Waals surface area contributed by atoms with Gasteiger partial charge in [0.2, 0.25) is 0 Å². The molecule has 0 amide bonds. The molecule has 0 bridgehead atoms. The second-order valence-electron chi connectivity index (χ2n) is 1.93. The van der Waals surface area contributed by atoms with Gasteiger partial charge in [0.25, 0.3) is 0 Å². The third-order valence-electron chi connectivity index (χ3n) is 0.824. The lowest BCUT2D eigenvalue weighted by Gasteiger charge is -1.88. The Morgan fingerprint density at radius 3 is 1.42 bits per heavy atom. The van der Waals surface area contributed by atoms with Gasteiger partial charge in [-0.25, -0.2) is 0 Å². The first kappa shape index (κ1) is 12.4. The van der Waals surface area contributed by atoms with Crippen LogP contribution in [0.3, 0.4) is 0 Å². The summed E-state index contributed by atoms with van der Waals surface area (Å²) < 4.78 is 0. The van der Waals surface area contributed by atoms with E-state index < -0.39 is 0 Å². The van der Waals surface area contributed by atoms with E-state index in [0.29, 0.717) is 10.0 Å². The fraction of sp³-hybridized carbons (Fsp3) is 0.250. The van der Waals surface area contributed by atoms with Crippen LogP contribution in [-0.4, -0.2) is 4.84 Å². The summed E-state index contributed by atoms with van der Waals surface area (Å²) in [5, 5.41) is 1.21. The monoisotopic (exact) mass is 244 g/mol. The van der Waals surface area contributed by atoms with Crippen molar-refractivity contribution in [3.05, 3.63) is 34.3 Å². The predicted molar refractivity (Wildman–Crippen MR) is 57.6 cm³/mol. The van der Waals surface area contributed by atoms with E-state index in [1.54, 1.807) is 19.1 Å². The molecule has 0 aliphatic rings. The van der Waals surface area contributed by atoms with Crippen molar-refractivity contribution in [2.45, 2.75) is 11.8 Å². The van der Waals surface area contributed by atoms with Crippen LogP contribution in [0.2, 0.25) is 10.0 Å². The van der Waals surface area contributed by atoms with Crippen LogP contribution in [0.15, 0.2) is 24.3 Å². The zero-order valence-electron chi connectivity index (χ0n) is 6.40. The third kappa shape index (κ3) is 7.05. The molecule has 1 aromatic carbocycles. The minimum atomic E-state index is -0.222. The van der Waals surface area contributed by atoms with E-state index in [1.807, 2.05) is 12.1 Å². The molecule has 0 saturated heterocycles. The van der Waals surface area contributed by atoms with Crippen molar-refractivity contribution in [2.24, 2.45) is 0 Å². The molecule has 12 heavy (non-hydrogen) atoms. The molecule has 0 spiro atoms. The number of hydrogen-bond acceptors (Lipinski definition) is 0. The van der Waals surface area contributed by atoms with Crippen LogP contribution in [0, 0.1) is 0 Å². The Hall–Kier alpha value is 0.380. The van der Waals surface area contributed by atoms with Crippen molar-refractivity contribution in [1.29, 1.82) is 0 Å². The quantitative estimate of drug-likeness (QED) is 0.576. The predicted octanol–water partition coefficient (Wildman–Crippen LogP) is 4.80. The molecule has 0 radical (unpaired) electrons. The van der Waals surface area contributed by atoms with Gasteiger partial charge in [0, 0.05) is 0 Å². The van der Waals surface area contributed by atoms with Gasteiger partial charge < -0.3 is 0 Å². The fourth-order valence-electron chi connectivity index (χ4n) is 0.439. The van der Waals surface area contributed by atoms with Crippen LogP contribution in [0.1, 0.15) is 6.92 Å². The zero-order chi connectivity index (χ0) is 9.56. The summed E-state index contributed by atoms with van der Waals surface area (Å²) in [6, 6.07) is 7.19. The summed E-state index contributed by atoms with van der Waals surface area (Å²) in [6.07, 6.45) is 0. The van der Waals surface area contributed by atoms with Crippen molar-refractivity contribution in [3.8, 4) is 0 Å². The summed E-state index contributed by atoms with van der Waals surface area (Å²) in [6.45, 7) is 1.70. The molecule has 0 nitrogen and oxygen atoms in total. The van der Waals surface area contributed by atoms with E-state index in [9.17, 15) is 0 Å². The van der Waals surface area contributed by atoms with Gasteiger partial charge in [-0.2, -0.15) is 0 Å². The van der Waals surface area contributed by atoms with Crippen LogP contribution in [0.25, 0.3) is 0 Å². The smallest absolute Gasteiger partial charge is 0.105 e. The zero-order valence-corrected chi connectivity index (χ0v) is 9.42. The third-order valence-corrected chi connectivity index (χ3v) is 1.58. The molecule has 0 aliphatic heterocycles. The Labute approximate surface area is 92.4 Å². The van der Waals surface area contributed by atoms with E-state index in [-0.39, 0.29) is 4.84 Å². The number of hydrogen-bond donors (Lipinski definition) is 0. The van der Waals surface area contributed by atoms with Gasteiger partial charge in [0.05, 0.1) is 10.0 Å². The fourth-order valence-corrected chi connectivity index (χ4v) is 0.711. The molecule has 1 rings (SSSR count). The van der Waals surface area contributed by atoms with E-state index in [1.165, 1.54) is 0 Å². The van der Waals surface area contributed by atoms with Gasteiger partial charge in [-0.05, 0) is 19.1 Å². The second kappa shape index (κ2) is 6.85. The maximum Gasteiger partial charge on any atom is 0.105 e. The van der Waals surface area contributed by atoms with Crippen LogP contribution in [0.5, 0.6) is 0 Å². The van der Waals surface area contributed by atoms with Gasteiger partial charge in [-0.3, -0.25) is 0 Å². The molecule has 0 aliphatic carbocycles. The normalized spacial score (nSPS) is 9.17. The van der Waals surface area contributed by atoms with Crippen LogP contribution in [-0.2, 0) is 0 Å². The van der Waals surface area contributed by atoms with E-state index in [4.69, 9.17) is 46.4 Å². The number of alkyl halides is 2. The average Bonchev–Trinajstić information content (AvgIpc) is 1.94. The highest BCUT2D eigenvalue weighted by Crippen LogP contribution is 2.19. The highest BCUT2D eigenvalue weighted by atomic mass is 35.5. The van der Waals surface area contributed by atoms with Crippen LogP contribution < -0.4 is 0 Å².